The van der Waals surface area contributed by atoms with Gasteiger partial charge < -0.3 is 15.8 Å². The number of rotatable bonds is 3. The summed E-state index contributed by atoms with van der Waals surface area (Å²) in [6.07, 6.45) is 3.74. The summed E-state index contributed by atoms with van der Waals surface area (Å²) in [5.74, 6) is -0.691. The van der Waals surface area contributed by atoms with Gasteiger partial charge in [0.25, 0.3) is 0 Å². The summed E-state index contributed by atoms with van der Waals surface area (Å²) in [6, 6.07) is 5.23. The van der Waals surface area contributed by atoms with Crippen LogP contribution in [0, 0.1) is 12.8 Å². The molecule has 0 saturated heterocycles. The molecule has 2 atom stereocenters. The van der Waals surface area contributed by atoms with E-state index in [-0.39, 0.29) is 11.8 Å². The van der Waals surface area contributed by atoms with E-state index >= 15 is 0 Å². The predicted octanol–water partition coefficient (Wildman–Crippen LogP) is 2.63. The van der Waals surface area contributed by atoms with Gasteiger partial charge in [0.1, 0.15) is 0 Å². The molecule has 2 unspecified atom stereocenters. The number of hydrogen-bond acceptors (Lipinski definition) is 4. The van der Waals surface area contributed by atoms with E-state index in [0.29, 0.717) is 11.3 Å². The third-order valence-corrected chi connectivity index (χ3v) is 4.48. The number of benzene rings is 1. The van der Waals surface area contributed by atoms with Crippen molar-refractivity contribution in [1.82, 2.24) is 0 Å². The molecule has 0 aromatic heterocycles. The van der Waals surface area contributed by atoms with Crippen molar-refractivity contribution in [3.05, 3.63) is 29.3 Å². The van der Waals surface area contributed by atoms with Crippen LogP contribution >= 0.6 is 0 Å². The molecule has 5 nitrogen and oxygen atoms in total. The van der Waals surface area contributed by atoms with Crippen LogP contribution in [0.1, 0.15) is 48.5 Å². The minimum atomic E-state index is -0.474. The van der Waals surface area contributed by atoms with Crippen molar-refractivity contribution < 1.29 is 14.3 Å². The Morgan fingerprint density at radius 1 is 1.36 bits per heavy atom. The highest BCUT2D eigenvalue weighted by molar-refractivity contribution is 5.96. The van der Waals surface area contributed by atoms with Gasteiger partial charge in [-0.3, -0.25) is 4.79 Å². The first-order chi connectivity index (χ1) is 10.3. The maximum atomic E-state index is 12.5. The predicted molar refractivity (Wildman–Crippen MR) is 85.7 cm³/mol. The normalized spacial score (nSPS) is 24.6. The highest BCUT2D eigenvalue weighted by Gasteiger charge is 2.37. The first-order valence-corrected chi connectivity index (χ1v) is 7.64. The molecular formula is C17H24N2O3. The molecule has 1 aliphatic rings. The molecule has 5 heteroatoms. The molecule has 0 bridgehead atoms. The first-order valence-electron chi connectivity index (χ1n) is 7.64. The van der Waals surface area contributed by atoms with E-state index in [1.54, 1.807) is 18.2 Å². The summed E-state index contributed by atoms with van der Waals surface area (Å²) in [6.45, 7) is 3.77. The number of hydrogen-bond donors (Lipinski definition) is 2. The van der Waals surface area contributed by atoms with Gasteiger partial charge in [-0.25, -0.2) is 4.79 Å². The number of nitrogens with one attached hydrogen (secondary N) is 1. The van der Waals surface area contributed by atoms with Crippen molar-refractivity contribution in [2.45, 2.75) is 45.1 Å². The van der Waals surface area contributed by atoms with Gasteiger partial charge in [-0.2, -0.15) is 0 Å². The second-order valence-corrected chi connectivity index (χ2v) is 6.31. The summed E-state index contributed by atoms with van der Waals surface area (Å²) in [4.78, 5) is 24.2. The van der Waals surface area contributed by atoms with Crippen LogP contribution in [0.5, 0.6) is 0 Å². The molecule has 3 N–H and O–H groups in total. The lowest BCUT2D eigenvalue weighted by atomic mass is 9.74. The summed E-state index contributed by atoms with van der Waals surface area (Å²) in [5, 5.41) is 2.89. The third kappa shape index (κ3) is 3.47. The third-order valence-electron chi connectivity index (χ3n) is 4.48. The molecule has 1 aliphatic carbocycles. The molecule has 1 aromatic carbocycles. The highest BCUT2D eigenvalue weighted by atomic mass is 16.5. The van der Waals surface area contributed by atoms with Crippen molar-refractivity contribution >= 4 is 17.6 Å². The number of nitrogens with two attached hydrogens (primary N) is 1. The van der Waals surface area contributed by atoms with Gasteiger partial charge in [0, 0.05) is 11.2 Å². The van der Waals surface area contributed by atoms with Crippen LogP contribution < -0.4 is 11.1 Å². The number of esters is 1. The van der Waals surface area contributed by atoms with Crippen molar-refractivity contribution in [2.75, 3.05) is 12.4 Å². The van der Waals surface area contributed by atoms with E-state index in [9.17, 15) is 9.59 Å². The van der Waals surface area contributed by atoms with Crippen molar-refractivity contribution in [3.8, 4) is 0 Å². The Morgan fingerprint density at radius 2 is 2.09 bits per heavy atom. The Kier molecular flexibility index (Phi) is 4.86. The van der Waals surface area contributed by atoms with Crippen LogP contribution in [0.15, 0.2) is 18.2 Å². The number of anilines is 1. The maximum Gasteiger partial charge on any atom is 0.338 e. The van der Waals surface area contributed by atoms with Crippen LogP contribution in [0.2, 0.25) is 0 Å². The molecular weight excluding hydrogens is 280 g/mol. The molecule has 1 aromatic rings. The topological polar surface area (TPSA) is 81.4 Å². The Bertz CT molecular complexity index is 581. The second kappa shape index (κ2) is 6.48. The fourth-order valence-electron chi connectivity index (χ4n) is 3.05. The Labute approximate surface area is 131 Å². The fourth-order valence-corrected chi connectivity index (χ4v) is 3.05. The van der Waals surface area contributed by atoms with E-state index < -0.39 is 11.5 Å². The number of carbonyl (C=O) groups is 2. The lowest BCUT2D eigenvalue weighted by Gasteiger charge is -2.37. The van der Waals surface area contributed by atoms with E-state index in [4.69, 9.17) is 10.5 Å². The lowest BCUT2D eigenvalue weighted by molar-refractivity contribution is -0.122. The standard InChI is InChI=1S/C17H24N2O3/c1-11-7-8-12(10-13(11)16(21)22-3)19-15(20)14-6-4-5-9-17(14,2)18/h7-8,10,14H,4-6,9,18H2,1-3H3,(H,19,20). The Hall–Kier alpha value is -1.88. The minimum absolute atomic E-state index is 0.0793. The largest absolute Gasteiger partial charge is 0.465 e. The van der Waals surface area contributed by atoms with Gasteiger partial charge in [-0.05, 0) is 44.4 Å². The quantitative estimate of drug-likeness (QED) is 0.841. The number of methoxy groups -OCH3 is 1. The van der Waals surface area contributed by atoms with Crippen molar-refractivity contribution in [1.29, 1.82) is 0 Å². The number of carbonyl (C=O) groups excluding carboxylic acids is 2. The van der Waals surface area contributed by atoms with Gasteiger partial charge in [0.15, 0.2) is 0 Å². The zero-order valence-corrected chi connectivity index (χ0v) is 13.4. The molecule has 1 saturated carbocycles. The van der Waals surface area contributed by atoms with Crippen LogP contribution in [0.3, 0.4) is 0 Å². The molecule has 0 aliphatic heterocycles. The second-order valence-electron chi connectivity index (χ2n) is 6.31. The number of ether oxygens (including phenoxy) is 1. The molecule has 22 heavy (non-hydrogen) atoms. The average Bonchev–Trinajstić information content (AvgIpc) is 2.47. The van der Waals surface area contributed by atoms with Crippen LogP contribution in [0.25, 0.3) is 0 Å². The maximum absolute atomic E-state index is 12.5. The summed E-state index contributed by atoms with van der Waals surface area (Å²) < 4.78 is 4.75. The van der Waals surface area contributed by atoms with E-state index in [0.717, 1.165) is 31.2 Å². The first kappa shape index (κ1) is 16.5. The van der Waals surface area contributed by atoms with E-state index in [1.165, 1.54) is 7.11 Å². The van der Waals surface area contributed by atoms with Crippen LogP contribution in [0.4, 0.5) is 5.69 Å². The highest BCUT2D eigenvalue weighted by Crippen LogP contribution is 2.32. The average molecular weight is 304 g/mol. The van der Waals surface area contributed by atoms with Gasteiger partial charge in [0.05, 0.1) is 18.6 Å². The summed E-state index contributed by atoms with van der Waals surface area (Å²) >= 11 is 0. The van der Waals surface area contributed by atoms with Crippen molar-refractivity contribution in [2.24, 2.45) is 11.7 Å². The van der Waals surface area contributed by atoms with E-state index in [1.807, 2.05) is 13.8 Å². The molecule has 0 heterocycles. The molecule has 0 radical (unpaired) electrons. The monoisotopic (exact) mass is 304 g/mol. The number of aryl methyl sites for hydroxylation is 1. The van der Waals surface area contributed by atoms with Gasteiger partial charge in [-0.1, -0.05) is 18.9 Å². The number of amides is 1. The Morgan fingerprint density at radius 3 is 2.73 bits per heavy atom. The van der Waals surface area contributed by atoms with Gasteiger partial charge in [0.2, 0.25) is 5.91 Å². The summed E-state index contributed by atoms with van der Waals surface area (Å²) in [5.41, 5.74) is 7.66. The molecule has 1 fully saturated rings. The zero-order valence-electron chi connectivity index (χ0n) is 13.4. The Balaban J connectivity index is 2.16. The fraction of sp³-hybridized carbons (Fsp3) is 0.529. The van der Waals surface area contributed by atoms with Crippen LogP contribution in [-0.4, -0.2) is 24.5 Å². The molecule has 0 spiro atoms. The lowest BCUT2D eigenvalue weighted by Crippen LogP contribution is -2.51. The SMILES string of the molecule is COC(=O)c1cc(NC(=O)C2CCCCC2(C)N)ccc1C. The molecule has 2 rings (SSSR count). The van der Waals surface area contributed by atoms with Crippen LogP contribution in [-0.2, 0) is 9.53 Å². The van der Waals surface area contributed by atoms with Crippen molar-refractivity contribution in [3.63, 3.8) is 0 Å². The molecule has 1 amide bonds. The van der Waals surface area contributed by atoms with E-state index in [2.05, 4.69) is 5.32 Å². The van der Waals surface area contributed by atoms with Gasteiger partial charge >= 0.3 is 5.97 Å². The zero-order chi connectivity index (χ0) is 16.3. The van der Waals surface area contributed by atoms with Gasteiger partial charge in [-0.15, -0.1) is 0 Å². The smallest absolute Gasteiger partial charge is 0.338 e. The molecule has 120 valence electrons. The minimum Gasteiger partial charge on any atom is -0.465 e. The summed E-state index contributed by atoms with van der Waals surface area (Å²) in [7, 11) is 1.34.